The highest BCUT2D eigenvalue weighted by Gasteiger charge is 2.44. The molecule has 1 fully saturated rings. The number of amides is 1. The Morgan fingerprint density at radius 3 is 2.33 bits per heavy atom. The Bertz CT molecular complexity index is 481. The van der Waals surface area contributed by atoms with Crippen molar-refractivity contribution in [2.45, 2.75) is 49.9 Å². The minimum atomic E-state index is -4.50. The molecular formula is C15H19F3N2O. The van der Waals surface area contributed by atoms with Gasteiger partial charge in [-0.25, -0.2) is 0 Å². The number of carbonyl (C=O) groups excluding carboxylic acids is 1. The van der Waals surface area contributed by atoms with Crippen LogP contribution in [0.2, 0.25) is 0 Å². The molecule has 3 nitrogen and oxygen atoms in total. The van der Waals surface area contributed by atoms with Crippen molar-refractivity contribution in [1.82, 2.24) is 5.32 Å². The number of nitrogens with one attached hydrogen (secondary N) is 1. The molecule has 1 aliphatic rings. The van der Waals surface area contributed by atoms with Crippen LogP contribution in [0, 0.1) is 0 Å². The molecule has 1 aromatic rings. The second kappa shape index (κ2) is 6.05. The quantitative estimate of drug-likeness (QED) is 0.898. The van der Waals surface area contributed by atoms with E-state index in [0.29, 0.717) is 18.4 Å². The summed E-state index contributed by atoms with van der Waals surface area (Å²) < 4.78 is 39.4. The van der Waals surface area contributed by atoms with Crippen LogP contribution >= 0.6 is 0 Å². The molecule has 0 aromatic heterocycles. The van der Waals surface area contributed by atoms with Gasteiger partial charge in [-0.1, -0.05) is 43.2 Å². The van der Waals surface area contributed by atoms with Crippen molar-refractivity contribution < 1.29 is 18.0 Å². The zero-order valence-electron chi connectivity index (χ0n) is 11.6. The van der Waals surface area contributed by atoms with E-state index in [2.05, 4.69) is 5.32 Å². The molecule has 0 aliphatic heterocycles. The molecule has 1 unspecified atom stereocenters. The van der Waals surface area contributed by atoms with Crippen molar-refractivity contribution in [3.63, 3.8) is 0 Å². The van der Waals surface area contributed by atoms with Crippen LogP contribution in [0.15, 0.2) is 30.3 Å². The Balaban J connectivity index is 2.08. The zero-order chi connectivity index (χ0) is 15.5. The number of alkyl halides is 3. The van der Waals surface area contributed by atoms with Crippen molar-refractivity contribution in [3.8, 4) is 0 Å². The monoisotopic (exact) mass is 300 g/mol. The van der Waals surface area contributed by atoms with Gasteiger partial charge in [-0.15, -0.1) is 0 Å². The molecule has 0 radical (unpaired) electrons. The smallest absolute Gasteiger partial charge is 0.343 e. The highest BCUT2D eigenvalue weighted by atomic mass is 19.4. The van der Waals surface area contributed by atoms with Crippen LogP contribution in [0.5, 0.6) is 0 Å². The van der Waals surface area contributed by atoms with Gasteiger partial charge in [-0.05, 0) is 18.4 Å². The van der Waals surface area contributed by atoms with E-state index in [4.69, 9.17) is 5.73 Å². The van der Waals surface area contributed by atoms with Gasteiger partial charge in [-0.2, -0.15) is 13.2 Å². The molecule has 0 spiro atoms. The molecule has 3 N–H and O–H groups in total. The first-order valence-corrected chi connectivity index (χ1v) is 7.02. The minimum Gasteiger partial charge on any atom is -0.343 e. The Hall–Kier alpha value is -1.56. The van der Waals surface area contributed by atoms with Gasteiger partial charge in [0.2, 0.25) is 5.91 Å². The van der Waals surface area contributed by atoms with E-state index in [0.717, 1.165) is 12.8 Å². The first-order valence-electron chi connectivity index (χ1n) is 7.02. The fourth-order valence-corrected chi connectivity index (χ4v) is 2.63. The van der Waals surface area contributed by atoms with Gasteiger partial charge in [0.05, 0.1) is 5.54 Å². The normalized spacial score (nSPS) is 19.2. The Labute approximate surface area is 121 Å². The van der Waals surface area contributed by atoms with E-state index >= 15 is 0 Å². The molecule has 0 heterocycles. The fraction of sp³-hybridized carbons (Fsp3) is 0.533. The van der Waals surface area contributed by atoms with E-state index in [1.807, 2.05) is 0 Å². The summed E-state index contributed by atoms with van der Waals surface area (Å²) in [5, 5.41) is 2.10. The molecule has 6 heteroatoms. The predicted octanol–water partition coefficient (Wildman–Crippen LogP) is 2.55. The summed E-state index contributed by atoms with van der Waals surface area (Å²) in [5.74, 6) is -0.696. The lowest BCUT2D eigenvalue weighted by Crippen LogP contribution is -2.58. The van der Waals surface area contributed by atoms with E-state index < -0.39 is 23.7 Å². The minimum absolute atomic E-state index is 0.286. The standard InChI is InChI=1S/C15H19F3N2O/c16-15(17,18)12(10-11-6-2-1-3-7-11)20-13(21)14(19)8-4-5-9-14/h1-3,6-7,12H,4-5,8-10,19H2,(H,20,21). The molecule has 1 amide bonds. The molecular weight excluding hydrogens is 281 g/mol. The summed E-state index contributed by atoms with van der Waals surface area (Å²) in [7, 11) is 0. The van der Waals surface area contributed by atoms with Gasteiger partial charge in [-0.3, -0.25) is 4.79 Å². The van der Waals surface area contributed by atoms with Crippen molar-refractivity contribution >= 4 is 5.91 Å². The van der Waals surface area contributed by atoms with E-state index in [9.17, 15) is 18.0 Å². The maximum atomic E-state index is 13.1. The van der Waals surface area contributed by atoms with Crippen LogP contribution in [0.25, 0.3) is 0 Å². The van der Waals surface area contributed by atoms with Crippen molar-refractivity contribution in [2.24, 2.45) is 5.73 Å². The lowest BCUT2D eigenvalue weighted by molar-refractivity contribution is -0.163. The Morgan fingerprint density at radius 1 is 1.24 bits per heavy atom. The molecule has 1 aromatic carbocycles. The molecule has 21 heavy (non-hydrogen) atoms. The summed E-state index contributed by atoms with van der Waals surface area (Å²) in [6, 6.07) is 6.39. The van der Waals surface area contributed by atoms with Crippen LogP contribution in [0.4, 0.5) is 13.2 Å². The van der Waals surface area contributed by atoms with Gasteiger partial charge in [0, 0.05) is 6.42 Å². The molecule has 1 saturated carbocycles. The highest BCUT2D eigenvalue weighted by Crippen LogP contribution is 2.29. The largest absolute Gasteiger partial charge is 0.408 e. The van der Waals surface area contributed by atoms with Gasteiger partial charge in [0.1, 0.15) is 6.04 Å². The highest BCUT2D eigenvalue weighted by molar-refractivity contribution is 5.86. The van der Waals surface area contributed by atoms with Gasteiger partial charge in [0.15, 0.2) is 0 Å². The summed E-state index contributed by atoms with van der Waals surface area (Å²) in [6.45, 7) is 0. The lowest BCUT2D eigenvalue weighted by Gasteiger charge is -2.28. The topological polar surface area (TPSA) is 55.1 Å². The maximum Gasteiger partial charge on any atom is 0.408 e. The average Bonchev–Trinajstić information content (AvgIpc) is 2.86. The van der Waals surface area contributed by atoms with Crippen molar-refractivity contribution in [2.75, 3.05) is 0 Å². The third-order valence-corrected chi connectivity index (χ3v) is 3.93. The number of benzene rings is 1. The number of carbonyl (C=O) groups is 1. The Morgan fingerprint density at radius 2 is 1.81 bits per heavy atom. The average molecular weight is 300 g/mol. The third kappa shape index (κ3) is 3.97. The molecule has 0 bridgehead atoms. The van der Waals surface area contributed by atoms with Crippen molar-refractivity contribution in [3.05, 3.63) is 35.9 Å². The second-order valence-electron chi connectivity index (χ2n) is 5.62. The van der Waals surface area contributed by atoms with Gasteiger partial charge in [0.25, 0.3) is 0 Å². The molecule has 1 atom stereocenters. The number of hydrogen-bond donors (Lipinski definition) is 2. The summed E-state index contributed by atoms with van der Waals surface area (Å²) in [4.78, 5) is 12.1. The summed E-state index contributed by atoms with van der Waals surface area (Å²) in [5.41, 5.74) is 5.28. The summed E-state index contributed by atoms with van der Waals surface area (Å²) in [6.07, 6.45) is -2.35. The first kappa shape index (κ1) is 15.8. The number of nitrogens with two attached hydrogens (primary N) is 1. The SMILES string of the molecule is NC1(C(=O)NC(Cc2ccccc2)C(F)(F)F)CCCC1. The van der Waals surface area contributed by atoms with Gasteiger partial charge >= 0.3 is 6.18 Å². The third-order valence-electron chi connectivity index (χ3n) is 3.93. The predicted molar refractivity (Wildman–Crippen MR) is 73.5 cm³/mol. The van der Waals surface area contributed by atoms with Gasteiger partial charge < -0.3 is 11.1 Å². The number of halogens is 3. The van der Waals surface area contributed by atoms with Crippen LogP contribution in [0.3, 0.4) is 0 Å². The molecule has 0 saturated heterocycles. The van der Waals surface area contributed by atoms with Crippen LogP contribution in [-0.4, -0.2) is 23.7 Å². The lowest BCUT2D eigenvalue weighted by atomic mass is 9.96. The second-order valence-corrected chi connectivity index (χ2v) is 5.62. The summed E-state index contributed by atoms with van der Waals surface area (Å²) >= 11 is 0. The fourth-order valence-electron chi connectivity index (χ4n) is 2.63. The van der Waals surface area contributed by atoms with E-state index in [1.54, 1.807) is 30.3 Å². The number of rotatable bonds is 4. The first-order chi connectivity index (χ1) is 9.81. The van der Waals surface area contributed by atoms with Crippen LogP contribution < -0.4 is 11.1 Å². The maximum absolute atomic E-state index is 13.1. The Kier molecular flexibility index (Phi) is 4.56. The van der Waals surface area contributed by atoms with E-state index in [1.165, 1.54) is 0 Å². The van der Waals surface area contributed by atoms with Crippen LogP contribution in [-0.2, 0) is 11.2 Å². The number of hydrogen-bond acceptors (Lipinski definition) is 2. The van der Waals surface area contributed by atoms with E-state index in [-0.39, 0.29) is 6.42 Å². The van der Waals surface area contributed by atoms with Crippen molar-refractivity contribution in [1.29, 1.82) is 0 Å². The molecule has 2 rings (SSSR count). The zero-order valence-corrected chi connectivity index (χ0v) is 11.6. The van der Waals surface area contributed by atoms with Crippen LogP contribution in [0.1, 0.15) is 31.2 Å². The molecule has 1 aliphatic carbocycles. The molecule has 116 valence electrons.